The second-order valence-corrected chi connectivity index (χ2v) is 7.21. The molecule has 0 amide bonds. The minimum absolute atomic E-state index is 0.197. The maximum atomic E-state index is 13.1. The Balaban J connectivity index is 1.91. The number of hydrogen-bond donors (Lipinski definition) is 3. The first-order valence-corrected chi connectivity index (χ1v) is 8.99. The predicted octanol–water partition coefficient (Wildman–Crippen LogP) is -0.794. The van der Waals surface area contributed by atoms with Gasteiger partial charge in [0.05, 0.1) is 12.1 Å². The van der Waals surface area contributed by atoms with Crippen LogP contribution in [0.15, 0.2) is 23.0 Å². The van der Waals surface area contributed by atoms with Crippen molar-refractivity contribution in [2.75, 3.05) is 51.7 Å². The molecule has 2 aromatic rings. The summed E-state index contributed by atoms with van der Waals surface area (Å²) in [5.41, 5.74) is 4.16. The Morgan fingerprint density at radius 2 is 1.79 bits per heavy atom. The Bertz CT molecular complexity index is 773. The Morgan fingerprint density at radius 1 is 1.12 bits per heavy atom. The van der Waals surface area contributed by atoms with Gasteiger partial charge in [-0.15, -0.1) is 0 Å². The molecule has 3 N–H and O–H groups in total. The summed E-state index contributed by atoms with van der Waals surface area (Å²) in [4.78, 5) is 21.7. The fourth-order valence-corrected chi connectivity index (χ4v) is 3.67. The number of rotatable bonds is 4. The molecule has 5 heteroatoms. The fraction of sp³-hybridized carbons (Fsp3) is 0.526. The van der Waals surface area contributed by atoms with Crippen molar-refractivity contribution in [3.63, 3.8) is 0 Å². The lowest BCUT2D eigenvalue weighted by atomic mass is 10.1. The summed E-state index contributed by atoms with van der Waals surface area (Å²) < 4.78 is 0. The number of aromatic nitrogens is 1. The molecule has 1 aliphatic rings. The number of benzene rings is 1. The molecule has 5 nitrogen and oxygen atoms in total. The maximum Gasteiger partial charge on any atom is 0.198 e. The number of pyridine rings is 1. The van der Waals surface area contributed by atoms with Crippen molar-refractivity contribution in [1.29, 1.82) is 0 Å². The van der Waals surface area contributed by atoms with Crippen molar-refractivity contribution in [3.05, 3.63) is 39.7 Å². The van der Waals surface area contributed by atoms with Gasteiger partial charge in [0.25, 0.3) is 0 Å². The number of hydrogen-bond acceptors (Lipinski definition) is 2. The number of piperazine rings is 1. The summed E-state index contributed by atoms with van der Waals surface area (Å²) in [6.07, 6.45) is 0. The average molecular weight is 330 g/mol. The third kappa shape index (κ3) is 3.32. The van der Waals surface area contributed by atoms with Gasteiger partial charge in [-0.25, -0.2) is 0 Å². The maximum absolute atomic E-state index is 13.1. The first-order chi connectivity index (χ1) is 11.5. The van der Waals surface area contributed by atoms with Crippen LogP contribution >= 0.6 is 0 Å². The van der Waals surface area contributed by atoms with Crippen LogP contribution in [0.3, 0.4) is 0 Å². The fourth-order valence-electron chi connectivity index (χ4n) is 3.67. The van der Waals surface area contributed by atoms with Crippen LogP contribution in [0.25, 0.3) is 10.9 Å². The van der Waals surface area contributed by atoms with Crippen molar-refractivity contribution >= 4 is 16.6 Å². The largest absolute Gasteiger partial charge is 0.378 e. The van der Waals surface area contributed by atoms with E-state index in [2.05, 4.69) is 18.0 Å². The van der Waals surface area contributed by atoms with Gasteiger partial charge < -0.3 is 19.7 Å². The highest BCUT2D eigenvalue weighted by Crippen LogP contribution is 2.18. The molecule has 2 heterocycles. The Labute approximate surface area is 143 Å². The van der Waals surface area contributed by atoms with Gasteiger partial charge in [-0.3, -0.25) is 4.79 Å². The number of anilines is 1. The Hall–Kier alpha value is -1.85. The number of aryl methyl sites for hydroxylation is 1. The van der Waals surface area contributed by atoms with Gasteiger partial charge >= 0.3 is 0 Å². The predicted molar refractivity (Wildman–Crippen MR) is 99.3 cm³/mol. The normalized spacial score (nSPS) is 21.2. The first kappa shape index (κ1) is 17.0. The molecular formula is C19H30N4O+2. The zero-order valence-electron chi connectivity index (χ0n) is 15.3. The highest BCUT2D eigenvalue weighted by molar-refractivity contribution is 5.83. The van der Waals surface area contributed by atoms with E-state index in [0.29, 0.717) is 0 Å². The van der Waals surface area contributed by atoms with Crippen LogP contribution in [-0.2, 0) is 6.54 Å². The standard InChI is InChI=1S/C19H28N4O/c1-5-22-8-10-23(11-9-22)13-17-14(2)20-18-7-6-15(21(3)4)12-16(18)19(17)24/h6-7,12H,5,8-11,13H2,1-4H3,(H,20,24)/p+2. The van der Waals surface area contributed by atoms with Crippen LogP contribution in [0, 0.1) is 6.92 Å². The second-order valence-electron chi connectivity index (χ2n) is 7.21. The molecular weight excluding hydrogens is 300 g/mol. The number of aromatic amines is 1. The molecule has 0 spiro atoms. The van der Waals surface area contributed by atoms with Crippen molar-refractivity contribution in [3.8, 4) is 0 Å². The number of nitrogens with zero attached hydrogens (tertiary/aromatic N) is 1. The highest BCUT2D eigenvalue weighted by Gasteiger charge is 2.23. The van der Waals surface area contributed by atoms with E-state index in [1.54, 1.807) is 4.90 Å². The van der Waals surface area contributed by atoms with Crippen LogP contribution in [0.5, 0.6) is 0 Å². The van der Waals surface area contributed by atoms with Gasteiger partial charge in [0, 0.05) is 36.4 Å². The molecule has 0 atom stereocenters. The van der Waals surface area contributed by atoms with E-state index in [0.717, 1.165) is 47.5 Å². The zero-order valence-corrected chi connectivity index (χ0v) is 15.3. The summed E-state index contributed by atoms with van der Waals surface area (Å²) in [5.74, 6) is 0. The summed E-state index contributed by atoms with van der Waals surface area (Å²) >= 11 is 0. The summed E-state index contributed by atoms with van der Waals surface area (Å²) in [6, 6.07) is 6.07. The van der Waals surface area contributed by atoms with E-state index in [1.807, 2.05) is 38.1 Å². The van der Waals surface area contributed by atoms with Crippen molar-refractivity contribution in [1.82, 2.24) is 4.98 Å². The van der Waals surface area contributed by atoms with E-state index in [9.17, 15) is 4.79 Å². The molecule has 1 aromatic heterocycles. The Morgan fingerprint density at radius 3 is 2.42 bits per heavy atom. The van der Waals surface area contributed by atoms with Gasteiger partial charge in [0.1, 0.15) is 32.7 Å². The van der Waals surface area contributed by atoms with Gasteiger partial charge in [-0.1, -0.05) is 0 Å². The van der Waals surface area contributed by atoms with Crippen molar-refractivity contribution in [2.45, 2.75) is 20.4 Å². The molecule has 0 bridgehead atoms. The molecule has 1 fully saturated rings. The summed E-state index contributed by atoms with van der Waals surface area (Å²) in [6.45, 7) is 11.0. The van der Waals surface area contributed by atoms with E-state index >= 15 is 0 Å². The van der Waals surface area contributed by atoms with Crippen LogP contribution < -0.4 is 20.1 Å². The second kappa shape index (κ2) is 6.95. The minimum atomic E-state index is 0.197. The molecule has 1 aliphatic heterocycles. The molecule has 0 radical (unpaired) electrons. The van der Waals surface area contributed by atoms with Crippen molar-refractivity contribution < 1.29 is 9.80 Å². The van der Waals surface area contributed by atoms with Gasteiger partial charge in [-0.2, -0.15) is 0 Å². The average Bonchev–Trinajstić information content (AvgIpc) is 2.58. The molecule has 24 heavy (non-hydrogen) atoms. The lowest BCUT2D eigenvalue weighted by Gasteiger charge is -2.29. The molecule has 1 saturated heterocycles. The molecule has 3 rings (SSSR count). The van der Waals surface area contributed by atoms with E-state index in [1.165, 1.54) is 24.5 Å². The van der Waals surface area contributed by atoms with E-state index in [-0.39, 0.29) is 5.43 Å². The Kier molecular flexibility index (Phi) is 4.92. The van der Waals surface area contributed by atoms with E-state index < -0.39 is 0 Å². The minimum Gasteiger partial charge on any atom is -0.378 e. The SMILES string of the molecule is CC[NH+]1CC[NH+](Cc2c(C)[nH]c3ccc(N(C)C)cc3c2=O)CC1. The molecule has 0 saturated carbocycles. The monoisotopic (exact) mass is 330 g/mol. The van der Waals surface area contributed by atoms with Crippen LogP contribution in [0.4, 0.5) is 5.69 Å². The third-order valence-corrected chi connectivity index (χ3v) is 5.40. The molecule has 0 unspecified atom stereocenters. The van der Waals surface area contributed by atoms with Gasteiger partial charge in [-0.05, 0) is 32.0 Å². The van der Waals surface area contributed by atoms with Crippen LogP contribution in [-0.4, -0.2) is 51.8 Å². The lowest BCUT2D eigenvalue weighted by Crippen LogP contribution is -3.27. The molecule has 130 valence electrons. The smallest absolute Gasteiger partial charge is 0.198 e. The summed E-state index contributed by atoms with van der Waals surface area (Å²) in [5, 5.41) is 0.805. The van der Waals surface area contributed by atoms with E-state index in [4.69, 9.17) is 0 Å². The quantitative estimate of drug-likeness (QED) is 0.688. The summed E-state index contributed by atoms with van der Waals surface area (Å²) in [7, 11) is 4.01. The van der Waals surface area contributed by atoms with Gasteiger partial charge in [0.15, 0.2) is 5.43 Å². The molecule has 0 aliphatic carbocycles. The topological polar surface area (TPSA) is 45.0 Å². The van der Waals surface area contributed by atoms with Crippen LogP contribution in [0.2, 0.25) is 0 Å². The lowest BCUT2D eigenvalue weighted by molar-refractivity contribution is -1.02. The number of fused-ring (bicyclic) bond motifs is 1. The highest BCUT2D eigenvalue weighted by atomic mass is 16.1. The van der Waals surface area contributed by atoms with Crippen LogP contribution in [0.1, 0.15) is 18.2 Å². The van der Waals surface area contributed by atoms with Gasteiger partial charge in [0.2, 0.25) is 0 Å². The third-order valence-electron chi connectivity index (χ3n) is 5.40. The van der Waals surface area contributed by atoms with Crippen molar-refractivity contribution in [2.24, 2.45) is 0 Å². The number of nitrogens with one attached hydrogen (secondary N) is 3. The number of quaternary nitrogens is 2. The number of likely N-dealkylation sites (N-methyl/N-ethyl adjacent to an activating group) is 1. The molecule has 1 aromatic carbocycles. The number of H-pyrrole nitrogens is 1. The first-order valence-electron chi connectivity index (χ1n) is 8.99. The zero-order chi connectivity index (χ0) is 17.3.